The molecular formula is C17H20N6O2S. The summed E-state index contributed by atoms with van der Waals surface area (Å²) in [6.07, 6.45) is 0.264. The summed E-state index contributed by atoms with van der Waals surface area (Å²) >= 11 is 1.66. The summed E-state index contributed by atoms with van der Waals surface area (Å²) < 4.78 is -0.252. The second-order valence-electron chi connectivity index (χ2n) is 7.25. The number of aryl methyl sites for hydroxylation is 1. The Hall–Kier alpha value is -2.42. The Kier molecular flexibility index (Phi) is 3.98. The van der Waals surface area contributed by atoms with Crippen molar-refractivity contribution in [3.63, 3.8) is 0 Å². The van der Waals surface area contributed by atoms with Crippen LogP contribution in [0, 0.1) is 6.92 Å². The van der Waals surface area contributed by atoms with Gasteiger partial charge in [-0.15, -0.1) is 16.9 Å². The molecule has 8 nitrogen and oxygen atoms in total. The molecule has 1 aromatic carbocycles. The van der Waals surface area contributed by atoms with Crippen LogP contribution < -0.4 is 5.32 Å². The van der Waals surface area contributed by atoms with E-state index in [1.165, 1.54) is 0 Å². The van der Waals surface area contributed by atoms with Crippen LogP contribution >= 0.6 is 11.8 Å². The SMILES string of the molecule is Cc1ccc(CC(=O)NC2C(=O)N3C(c4nnn[nH]4)C(C)(C)S[C@H]23)cc1. The highest BCUT2D eigenvalue weighted by molar-refractivity contribution is 8.01. The number of fused-ring (bicyclic) bond motifs is 1. The molecule has 0 spiro atoms. The van der Waals surface area contributed by atoms with Crippen LogP contribution in [0.5, 0.6) is 0 Å². The molecule has 2 aliphatic heterocycles. The minimum Gasteiger partial charge on any atom is -0.341 e. The molecule has 2 unspecified atom stereocenters. The van der Waals surface area contributed by atoms with Crippen molar-refractivity contribution in [3.05, 3.63) is 41.2 Å². The number of amides is 2. The molecule has 2 N–H and O–H groups in total. The molecule has 0 radical (unpaired) electrons. The zero-order valence-electron chi connectivity index (χ0n) is 14.8. The average molecular weight is 372 g/mol. The predicted octanol–water partition coefficient (Wildman–Crippen LogP) is 0.970. The highest BCUT2D eigenvalue weighted by atomic mass is 32.2. The van der Waals surface area contributed by atoms with Gasteiger partial charge < -0.3 is 10.2 Å². The largest absolute Gasteiger partial charge is 0.341 e. The lowest BCUT2D eigenvalue weighted by molar-refractivity contribution is -0.151. The van der Waals surface area contributed by atoms with E-state index in [2.05, 4.69) is 39.8 Å². The maximum absolute atomic E-state index is 12.7. The second-order valence-corrected chi connectivity index (χ2v) is 9.02. The standard InChI is InChI=1S/C17H20N6O2S/c1-9-4-6-10(7-5-9)8-11(24)18-12-15(25)23-13(14-19-21-22-20-14)17(2,3)26-16(12)23/h4-7,12-13,16H,8H2,1-3H3,(H,18,24)(H,19,20,21,22)/t12?,13?,16-/m1/s1. The molecule has 2 aromatic rings. The van der Waals surface area contributed by atoms with E-state index < -0.39 is 6.04 Å². The van der Waals surface area contributed by atoms with Crippen molar-refractivity contribution in [2.24, 2.45) is 0 Å². The number of carbonyl (C=O) groups excluding carboxylic acids is 2. The first-order valence-corrected chi connectivity index (χ1v) is 9.33. The fourth-order valence-electron chi connectivity index (χ4n) is 3.59. The van der Waals surface area contributed by atoms with Gasteiger partial charge >= 0.3 is 0 Å². The lowest BCUT2D eigenvalue weighted by atomic mass is 9.95. The van der Waals surface area contributed by atoms with Gasteiger partial charge in [0.2, 0.25) is 11.8 Å². The van der Waals surface area contributed by atoms with Gasteiger partial charge in [-0.05, 0) is 36.8 Å². The third kappa shape index (κ3) is 2.76. The molecule has 0 saturated carbocycles. The number of carbonyl (C=O) groups is 2. The quantitative estimate of drug-likeness (QED) is 0.775. The molecule has 2 aliphatic rings. The van der Waals surface area contributed by atoms with Crippen molar-refractivity contribution in [1.29, 1.82) is 0 Å². The van der Waals surface area contributed by atoms with Gasteiger partial charge in [0.1, 0.15) is 17.5 Å². The molecular weight excluding hydrogens is 352 g/mol. The van der Waals surface area contributed by atoms with Crippen LogP contribution in [-0.4, -0.2) is 53.5 Å². The van der Waals surface area contributed by atoms with E-state index in [0.29, 0.717) is 5.82 Å². The van der Waals surface area contributed by atoms with E-state index in [1.807, 2.05) is 31.2 Å². The third-order valence-electron chi connectivity index (χ3n) is 4.86. The Morgan fingerprint density at radius 3 is 2.73 bits per heavy atom. The lowest BCUT2D eigenvalue weighted by Crippen LogP contribution is -2.68. The lowest BCUT2D eigenvalue weighted by Gasteiger charge is -2.44. The molecule has 2 amide bonds. The van der Waals surface area contributed by atoms with Crippen LogP contribution in [0.4, 0.5) is 0 Å². The first kappa shape index (κ1) is 17.0. The Labute approximate surface area is 155 Å². The summed E-state index contributed by atoms with van der Waals surface area (Å²) in [5, 5.41) is 16.8. The van der Waals surface area contributed by atoms with E-state index in [-0.39, 0.29) is 34.4 Å². The molecule has 3 atom stereocenters. The van der Waals surface area contributed by atoms with Crippen molar-refractivity contribution in [3.8, 4) is 0 Å². The van der Waals surface area contributed by atoms with Crippen LogP contribution in [0.2, 0.25) is 0 Å². The first-order valence-electron chi connectivity index (χ1n) is 8.45. The second kappa shape index (κ2) is 6.08. The van der Waals surface area contributed by atoms with Gasteiger partial charge in [-0.3, -0.25) is 9.59 Å². The van der Waals surface area contributed by atoms with E-state index in [0.717, 1.165) is 11.1 Å². The zero-order chi connectivity index (χ0) is 18.5. The maximum Gasteiger partial charge on any atom is 0.249 e. The van der Waals surface area contributed by atoms with Crippen LogP contribution in [0.3, 0.4) is 0 Å². The highest BCUT2D eigenvalue weighted by Gasteiger charge is 2.63. The summed E-state index contributed by atoms with van der Waals surface area (Å²) in [6, 6.07) is 7.09. The van der Waals surface area contributed by atoms with Crippen molar-refractivity contribution in [2.75, 3.05) is 0 Å². The molecule has 3 heterocycles. The van der Waals surface area contributed by atoms with Gasteiger partial charge in [0.05, 0.1) is 6.42 Å². The summed E-state index contributed by atoms with van der Waals surface area (Å²) in [5.41, 5.74) is 2.08. The molecule has 0 aliphatic carbocycles. The number of thioether (sulfide) groups is 1. The van der Waals surface area contributed by atoms with Gasteiger partial charge in [-0.2, -0.15) is 0 Å². The van der Waals surface area contributed by atoms with Gasteiger partial charge in [-0.25, -0.2) is 5.10 Å². The van der Waals surface area contributed by atoms with Crippen LogP contribution in [-0.2, 0) is 16.0 Å². The molecule has 136 valence electrons. The Morgan fingerprint density at radius 1 is 1.35 bits per heavy atom. The Balaban J connectivity index is 1.45. The molecule has 2 fully saturated rings. The molecule has 26 heavy (non-hydrogen) atoms. The fraction of sp³-hybridized carbons (Fsp3) is 0.471. The minimum atomic E-state index is -0.502. The number of nitrogens with zero attached hydrogens (tertiary/aromatic N) is 4. The number of rotatable bonds is 4. The molecule has 1 aromatic heterocycles. The normalized spacial score (nSPS) is 26.3. The number of hydrogen-bond donors (Lipinski definition) is 2. The van der Waals surface area contributed by atoms with Gasteiger partial charge in [0, 0.05) is 4.75 Å². The number of β-lactam (4-membered cyclic amide) rings is 1. The maximum atomic E-state index is 12.7. The molecule has 0 bridgehead atoms. The van der Waals surface area contributed by atoms with E-state index in [1.54, 1.807) is 16.7 Å². The third-order valence-corrected chi connectivity index (χ3v) is 6.44. The van der Waals surface area contributed by atoms with Gasteiger partial charge in [0.15, 0.2) is 5.82 Å². The summed E-state index contributed by atoms with van der Waals surface area (Å²) in [6.45, 7) is 6.12. The van der Waals surface area contributed by atoms with E-state index in [9.17, 15) is 9.59 Å². The fourth-order valence-corrected chi connectivity index (χ4v) is 5.22. The monoisotopic (exact) mass is 372 g/mol. The number of H-pyrrole nitrogens is 1. The van der Waals surface area contributed by atoms with Crippen molar-refractivity contribution >= 4 is 23.6 Å². The average Bonchev–Trinajstić information content (AvgIpc) is 3.19. The smallest absolute Gasteiger partial charge is 0.249 e. The topological polar surface area (TPSA) is 104 Å². The molecule has 4 rings (SSSR count). The van der Waals surface area contributed by atoms with Gasteiger partial charge in [0.25, 0.3) is 0 Å². The number of aromatic nitrogens is 4. The summed E-state index contributed by atoms with van der Waals surface area (Å²) in [5.74, 6) is 0.338. The number of aromatic amines is 1. The molecule has 9 heteroatoms. The van der Waals surface area contributed by atoms with Crippen LogP contribution in [0.15, 0.2) is 24.3 Å². The van der Waals surface area contributed by atoms with E-state index >= 15 is 0 Å². The Bertz CT molecular complexity index is 835. The van der Waals surface area contributed by atoms with Crippen molar-refractivity contribution < 1.29 is 9.59 Å². The number of hydrogen-bond acceptors (Lipinski definition) is 6. The van der Waals surface area contributed by atoms with E-state index in [4.69, 9.17) is 0 Å². The van der Waals surface area contributed by atoms with Crippen molar-refractivity contribution in [2.45, 2.75) is 49.4 Å². The Morgan fingerprint density at radius 2 is 2.08 bits per heavy atom. The van der Waals surface area contributed by atoms with Crippen molar-refractivity contribution in [1.82, 2.24) is 30.8 Å². The van der Waals surface area contributed by atoms with Crippen LogP contribution in [0.1, 0.15) is 36.8 Å². The molecule has 2 saturated heterocycles. The zero-order valence-corrected chi connectivity index (χ0v) is 15.6. The first-order chi connectivity index (χ1) is 12.4. The number of benzene rings is 1. The summed E-state index contributed by atoms with van der Waals surface area (Å²) in [4.78, 5) is 26.8. The number of nitrogens with one attached hydrogen (secondary N) is 2. The highest BCUT2D eigenvalue weighted by Crippen LogP contribution is 2.56. The number of tetrazole rings is 1. The minimum absolute atomic E-state index is 0.0910. The summed E-state index contributed by atoms with van der Waals surface area (Å²) in [7, 11) is 0. The predicted molar refractivity (Wildman–Crippen MR) is 96.0 cm³/mol. The van der Waals surface area contributed by atoms with Crippen LogP contribution in [0.25, 0.3) is 0 Å². The van der Waals surface area contributed by atoms with Gasteiger partial charge in [-0.1, -0.05) is 29.8 Å².